The Morgan fingerprint density at radius 2 is 2.14 bits per heavy atom. The fourth-order valence-electron chi connectivity index (χ4n) is 3.66. The molecule has 1 atom stereocenters. The number of benzene rings is 1. The number of ether oxygens (including phenoxy) is 1. The van der Waals surface area contributed by atoms with Gasteiger partial charge in [0.15, 0.2) is 5.13 Å². The van der Waals surface area contributed by atoms with E-state index >= 15 is 0 Å². The quantitative estimate of drug-likeness (QED) is 0.724. The van der Waals surface area contributed by atoms with Gasteiger partial charge in [-0.1, -0.05) is 30.3 Å². The predicted molar refractivity (Wildman–Crippen MR) is 112 cm³/mol. The van der Waals surface area contributed by atoms with Crippen molar-refractivity contribution in [1.82, 2.24) is 15.2 Å². The number of nitrogens with zero attached hydrogens (tertiary/aromatic N) is 2. The van der Waals surface area contributed by atoms with E-state index in [-0.39, 0.29) is 17.9 Å². The van der Waals surface area contributed by atoms with Crippen LogP contribution < -0.4 is 10.6 Å². The highest BCUT2D eigenvalue weighted by molar-refractivity contribution is 7.15. The molecular formula is C21H26N4O3S. The molecule has 154 valence electrons. The molecule has 7 nitrogen and oxygen atoms in total. The molecule has 0 radical (unpaired) electrons. The number of rotatable bonds is 7. The Kier molecular flexibility index (Phi) is 6.53. The van der Waals surface area contributed by atoms with Crippen LogP contribution in [0, 0.1) is 0 Å². The van der Waals surface area contributed by atoms with Gasteiger partial charge in [0.25, 0.3) is 5.91 Å². The third-order valence-electron chi connectivity index (χ3n) is 5.21. The lowest BCUT2D eigenvalue weighted by atomic mass is 10.1. The zero-order valence-corrected chi connectivity index (χ0v) is 17.2. The van der Waals surface area contributed by atoms with E-state index in [4.69, 9.17) is 4.74 Å². The molecule has 4 rings (SSSR count). The Labute approximate surface area is 174 Å². The van der Waals surface area contributed by atoms with Gasteiger partial charge in [-0.15, -0.1) is 11.3 Å². The van der Waals surface area contributed by atoms with Crippen LogP contribution in [0.25, 0.3) is 0 Å². The first kappa shape index (κ1) is 20.0. The predicted octanol–water partition coefficient (Wildman–Crippen LogP) is 1.98. The van der Waals surface area contributed by atoms with Crippen molar-refractivity contribution in [2.24, 2.45) is 0 Å². The third kappa shape index (κ3) is 5.41. The molecule has 1 fully saturated rings. The molecule has 1 aromatic heterocycles. The maximum atomic E-state index is 12.3. The highest BCUT2D eigenvalue weighted by Gasteiger charge is 2.26. The number of carbonyl (C=O) groups is 2. The van der Waals surface area contributed by atoms with Crippen molar-refractivity contribution >= 4 is 28.3 Å². The van der Waals surface area contributed by atoms with Crippen LogP contribution in [-0.2, 0) is 33.7 Å². The van der Waals surface area contributed by atoms with Crippen molar-refractivity contribution in [3.63, 3.8) is 0 Å². The molecule has 2 aromatic rings. The van der Waals surface area contributed by atoms with Crippen molar-refractivity contribution in [1.29, 1.82) is 0 Å². The van der Waals surface area contributed by atoms with E-state index in [1.54, 1.807) is 0 Å². The Hall–Kier alpha value is -2.29. The lowest BCUT2D eigenvalue weighted by Crippen LogP contribution is -2.40. The summed E-state index contributed by atoms with van der Waals surface area (Å²) in [5.74, 6) is -0.0657. The molecule has 0 saturated carbocycles. The summed E-state index contributed by atoms with van der Waals surface area (Å²) in [7, 11) is 0. The number of aromatic nitrogens is 1. The molecule has 1 aromatic carbocycles. The fraction of sp³-hybridized carbons (Fsp3) is 0.476. The van der Waals surface area contributed by atoms with E-state index in [1.807, 2.05) is 18.2 Å². The highest BCUT2D eigenvalue weighted by Crippen LogP contribution is 2.28. The van der Waals surface area contributed by atoms with Crippen molar-refractivity contribution in [3.8, 4) is 0 Å². The van der Waals surface area contributed by atoms with E-state index in [1.165, 1.54) is 16.9 Å². The molecule has 3 heterocycles. The zero-order valence-electron chi connectivity index (χ0n) is 16.4. The number of anilines is 1. The minimum atomic E-state index is -0.355. The number of hydrogen-bond donors (Lipinski definition) is 2. The van der Waals surface area contributed by atoms with E-state index in [2.05, 4.69) is 32.7 Å². The SMILES string of the molecule is O=C(CN1CCc2nc(NC(=O)C3CCCO3)sc2C1)NCCc1ccccc1. The van der Waals surface area contributed by atoms with Crippen LogP contribution >= 0.6 is 11.3 Å². The van der Waals surface area contributed by atoms with Crippen molar-refractivity contribution < 1.29 is 14.3 Å². The second-order valence-corrected chi connectivity index (χ2v) is 8.51. The van der Waals surface area contributed by atoms with Gasteiger partial charge >= 0.3 is 0 Å². The maximum absolute atomic E-state index is 12.3. The van der Waals surface area contributed by atoms with Crippen LogP contribution in [0.4, 0.5) is 5.13 Å². The second-order valence-electron chi connectivity index (χ2n) is 7.43. The van der Waals surface area contributed by atoms with E-state index in [0.717, 1.165) is 42.8 Å². The van der Waals surface area contributed by atoms with Crippen LogP contribution in [0.15, 0.2) is 30.3 Å². The average molecular weight is 415 g/mol. The standard InChI is InChI=1S/C21H26N4O3S/c26-19(22-10-8-15-5-2-1-3-6-15)14-25-11-9-16-18(13-25)29-21(23-16)24-20(27)17-7-4-12-28-17/h1-3,5-6,17H,4,7-14H2,(H,22,26)(H,23,24,27). The van der Waals surface area contributed by atoms with Crippen LogP contribution in [-0.4, -0.2) is 54.0 Å². The Balaban J connectivity index is 1.23. The van der Waals surface area contributed by atoms with Gasteiger partial charge in [-0.2, -0.15) is 0 Å². The number of fused-ring (bicyclic) bond motifs is 1. The van der Waals surface area contributed by atoms with Crippen molar-refractivity contribution in [2.75, 3.05) is 31.6 Å². The normalized spacial score (nSPS) is 19.0. The second kappa shape index (κ2) is 9.47. The minimum Gasteiger partial charge on any atom is -0.368 e. The Morgan fingerprint density at radius 3 is 2.93 bits per heavy atom. The first-order chi connectivity index (χ1) is 14.2. The summed E-state index contributed by atoms with van der Waals surface area (Å²) in [5, 5.41) is 6.52. The summed E-state index contributed by atoms with van der Waals surface area (Å²) in [6, 6.07) is 10.1. The number of thiazole rings is 1. The average Bonchev–Trinajstić information content (AvgIpc) is 3.38. The molecule has 2 aliphatic rings. The molecule has 0 bridgehead atoms. The maximum Gasteiger partial charge on any atom is 0.255 e. The summed E-state index contributed by atoms with van der Waals surface area (Å²) in [4.78, 5) is 32.3. The molecule has 1 saturated heterocycles. The van der Waals surface area contributed by atoms with Crippen LogP contribution in [0.5, 0.6) is 0 Å². The summed E-state index contributed by atoms with van der Waals surface area (Å²) in [5.41, 5.74) is 2.25. The van der Waals surface area contributed by atoms with Gasteiger partial charge in [-0.25, -0.2) is 4.98 Å². The summed E-state index contributed by atoms with van der Waals surface area (Å²) >= 11 is 1.50. The molecule has 2 amide bonds. The first-order valence-corrected chi connectivity index (χ1v) is 10.9. The Bertz CT molecular complexity index is 849. The molecule has 29 heavy (non-hydrogen) atoms. The smallest absolute Gasteiger partial charge is 0.255 e. The molecule has 2 N–H and O–H groups in total. The Morgan fingerprint density at radius 1 is 1.28 bits per heavy atom. The van der Waals surface area contributed by atoms with E-state index in [9.17, 15) is 9.59 Å². The number of hydrogen-bond acceptors (Lipinski definition) is 6. The number of nitrogens with one attached hydrogen (secondary N) is 2. The van der Waals surface area contributed by atoms with Crippen molar-refractivity contribution in [3.05, 3.63) is 46.5 Å². The topological polar surface area (TPSA) is 83.6 Å². The van der Waals surface area contributed by atoms with Gasteiger partial charge in [0.2, 0.25) is 5.91 Å². The highest BCUT2D eigenvalue weighted by atomic mass is 32.1. The summed E-state index contributed by atoms with van der Waals surface area (Å²) in [6.07, 6.45) is 2.96. The summed E-state index contributed by atoms with van der Waals surface area (Å²) < 4.78 is 5.42. The molecule has 0 spiro atoms. The van der Waals surface area contributed by atoms with Crippen LogP contribution in [0.3, 0.4) is 0 Å². The summed E-state index contributed by atoms with van der Waals surface area (Å²) in [6.45, 7) is 3.15. The van der Waals surface area contributed by atoms with Crippen molar-refractivity contribution in [2.45, 2.75) is 38.3 Å². The lowest BCUT2D eigenvalue weighted by Gasteiger charge is -2.25. The molecule has 0 aliphatic carbocycles. The first-order valence-electron chi connectivity index (χ1n) is 10.1. The van der Waals surface area contributed by atoms with Gasteiger partial charge < -0.3 is 10.1 Å². The lowest BCUT2D eigenvalue weighted by molar-refractivity contribution is -0.124. The number of carbonyl (C=O) groups excluding carboxylic acids is 2. The monoisotopic (exact) mass is 414 g/mol. The molecule has 1 unspecified atom stereocenters. The molecule has 8 heteroatoms. The fourth-order valence-corrected chi connectivity index (χ4v) is 4.71. The van der Waals surface area contributed by atoms with E-state index < -0.39 is 0 Å². The van der Waals surface area contributed by atoms with E-state index in [0.29, 0.717) is 31.4 Å². The van der Waals surface area contributed by atoms with Crippen LogP contribution in [0.2, 0.25) is 0 Å². The largest absolute Gasteiger partial charge is 0.368 e. The van der Waals surface area contributed by atoms with Gasteiger partial charge in [-0.3, -0.25) is 19.8 Å². The molecule has 2 aliphatic heterocycles. The van der Waals surface area contributed by atoms with Gasteiger partial charge in [-0.05, 0) is 24.8 Å². The minimum absolute atomic E-state index is 0.0424. The third-order valence-corrected chi connectivity index (χ3v) is 6.21. The van der Waals surface area contributed by atoms with Gasteiger partial charge in [0.1, 0.15) is 6.10 Å². The van der Waals surface area contributed by atoms with Crippen LogP contribution in [0.1, 0.15) is 29.0 Å². The molecular weight excluding hydrogens is 388 g/mol. The number of amides is 2. The van der Waals surface area contributed by atoms with Gasteiger partial charge in [0.05, 0.1) is 12.2 Å². The zero-order chi connectivity index (χ0) is 20.1. The van der Waals surface area contributed by atoms with Gasteiger partial charge in [0, 0.05) is 37.5 Å².